The van der Waals surface area contributed by atoms with Gasteiger partial charge in [0.15, 0.2) is 0 Å². The topological polar surface area (TPSA) is 59.9 Å². The van der Waals surface area contributed by atoms with Crippen LogP contribution >= 0.6 is 0 Å². The van der Waals surface area contributed by atoms with E-state index in [1.807, 2.05) is 44.2 Å². The van der Waals surface area contributed by atoms with Gasteiger partial charge in [-0.25, -0.2) is 4.79 Å². The van der Waals surface area contributed by atoms with Gasteiger partial charge in [0.25, 0.3) is 0 Å². The molecule has 0 fully saturated rings. The maximum atomic E-state index is 12.9. The minimum Gasteiger partial charge on any atom is -0.462 e. The molecule has 2 atom stereocenters. The van der Waals surface area contributed by atoms with Crippen LogP contribution in [0.2, 0.25) is 0 Å². The smallest absolute Gasteiger partial charge is 0.338 e. The van der Waals surface area contributed by atoms with Gasteiger partial charge in [-0.15, -0.1) is 0 Å². The summed E-state index contributed by atoms with van der Waals surface area (Å²) in [6.45, 7) is 12.1. The SMILES string of the molecule is CC/N=C1/C=C2OC3=CC(NCC)C(C)=CC3=C(c3ccccc3C(=O)OCC)C2C=C1C. The Bertz CT molecular complexity index is 1150. The molecule has 1 aromatic rings. The van der Waals surface area contributed by atoms with E-state index in [-0.39, 0.29) is 17.9 Å². The minimum atomic E-state index is -0.310. The quantitative estimate of drug-likeness (QED) is 0.598. The zero-order chi connectivity index (χ0) is 23.5. The average molecular weight is 445 g/mol. The second kappa shape index (κ2) is 9.75. The number of nitrogens with one attached hydrogen (secondary N) is 1. The first kappa shape index (κ1) is 23.0. The molecule has 1 heterocycles. The number of ether oxygens (including phenoxy) is 2. The summed E-state index contributed by atoms with van der Waals surface area (Å²) in [6.07, 6.45) is 8.57. The van der Waals surface area contributed by atoms with Crippen molar-refractivity contribution in [1.82, 2.24) is 5.32 Å². The van der Waals surface area contributed by atoms with Crippen LogP contribution in [0, 0.1) is 5.92 Å². The van der Waals surface area contributed by atoms with Crippen molar-refractivity contribution in [2.45, 2.75) is 40.7 Å². The van der Waals surface area contributed by atoms with Gasteiger partial charge in [0, 0.05) is 18.2 Å². The predicted molar refractivity (Wildman–Crippen MR) is 133 cm³/mol. The maximum Gasteiger partial charge on any atom is 0.338 e. The molecular formula is C28H32N2O3. The number of fused-ring (bicyclic) bond motifs is 2. The highest BCUT2D eigenvalue weighted by Gasteiger charge is 2.36. The highest BCUT2D eigenvalue weighted by Crippen LogP contribution is 2.47. The molecule has 0 amide bonds. The van der Waals surface area contributed by atoms with E-state index < -0.39 is 0 Å². The predicted octanol–water partition coefficient (Wildman–Crippen LogP) is 5.39. The number of aliphatic imine (C=N–C) groups is 1. The number of carbonyl (C=O) groups is 1. The van der Waals surface area contributed by atoms with Crippen LogP contribution < -0.4 is 5.32 Å². The summed E-state index contributed by atoms with van der Waals surface area (Å²) in [7, 11) is 0. The summed E-state index contributed by atoms with van der Waals surface area (Å²) in [5.41, 5.74) is 6.78. The van der Waals surface area contributed by atoms with Crippen molar-refractivity contribution in [2.75, 3.05) is 19.7 Å². The van der Waals surface area contributed by atoms with Crippen molar-refractivity contribution in [1.29, 1.82) is 0 Å². The lowest BCUT2D eigenvalue weighted by Gasteiger charge is -2.36. The second-order valence-corrected chi connectivity index (χ2v) is 8.38. The largest absolute Gasteiger partial charge is 0.462 e. The van der Waals surface area contributed by atoms with Gasteiger partial charge in [-0.1, -0.05) is 42.8 Å². The third-order valence-corrected chi connectivity index (χ3v) is 6.15. The van der Waals surface area contributed by atoms with Gasteiger partial charge in [0.2, 0.25) is 0 Å². The molecule has 0 spiro atoms. The summed E-state index contributed by atoms with van der Waals surface area (Å²) in [5.74, 6) is 1.23. The first-order valence-electron chi connectivity index (χ1n) is 11.8. The molecule has 1 aliphatic heterocycles. The van der Waals surface area contributed by atoms with Crippen molar-refractivity contribution in [2.24, 2.45) is 10.9 Å². The average Bonchev–Trinajstić information content (AvgIpc) is 2.80. The van der Waals surface area contributed by atoms with Crippen molar-refractivity contribution < 1.29 is 14.3 Å². The molecule has 0 saturated heterocycles. The van der Waals surface area contributed by atoms with Gasteiger partial charge >= 0.3 is 5.97 Å². The molecule has 1 N–H and O–H groups in total. The number of hydrogen-bond acceptors (Lipinski definition) is 5. The van der Waals surface area contributed by atoms with Gasteiger partial charge in [-0.05, 0) is 63.1 Å². The zero-order valence-corrected chi connectivity index (χ0v) is 20.1. The van der Waals surface area contributed by atoms with Crippen molar-refractivity contribution >= 4 is 17.3 Å². The van der Waals surface area contributed by atoms with Gasteiger partial charge in [0.05, 0.1) is 29.8 Å². The number of nitrogens with zero attached hydrogens (tertiary/aromatic N) is 1. The van der Waals surface area contributed by atoms with Gasteiger partial charge in [0.1, 0.15) is 11.5 Å². The molecule has 2 unspecified atom stereocenters. The van der Waals surface area contributed by atoms with E-state index in [1.165, 1.54) is 5.57 Å². The van der Waals surface area contributed by atoms with E-state index in [4.69, 9.17) is 9.47 Å². The summed E-state index contributed by atoms with van der Waals surface area (Å²) in [4.78, 5) is 17.5. The number of benzene rings is 1. The number of hydrogen-bond donors (Lipinski definition) is 1. The summed E-state index contributed by atoms with van der Waals surface area (Å²) >= 11 is 0. The molecule has 33 heavy (non-hydrogen) atoms. The van der Waals surface area contributed by atoms with Crippen LogP contribution in [0.4, 0.5) is 0 Å². The van der Waals surface area contributed by atoms with E-state index in [0.29, 0.717) is 18.7 Å². The van der Waals surface area contributed by atoms with Crippen LogP contribution in [-0.4, -0.2) is 37.4 Å². The Morgan fingerprint density at radius 2 is 1.91 bits per heavy atom. The Kier molecular flexibility index (Phi) is 6.80. The van der Waals surface area contributed by atoms with Gasteiger partial charge < -0.3 is 14.8 Å². The molecule has 1 aromatic carbocycles. The van der Waals surface area contributed by atoms with Crippen LogP contribution in [0.3, 0.4) is 0 Å². The molecule has 0 bridgehead atoms. The van der Waals surface area contributed by atoms with E-state index in [1.54, 1.807) is 0 Å². The van der Waals surface area contributed by atoms with E-state index >= 15 is 0 Å². The number of allylic oxidation sites excluding steroid dienone is 4. The number of likely N-dealkylation sites (N-methyl/N-ethyl adjacent to an activating group) is 1. The Morgan fingerprint density at radius 3 is 2.64 bits per heavy atom. The van der Waals surface area contributed by atoms with Crippen LogP contribution in [0.1, 0.15) is 50.5 Å². The molecule has 5 heteroatoms. The number of carbonyl (C=O) groups excluding carboxylic acids is 1. The maximum absolute atomic E-state index is 12.9. The third-order valence-electron chi connectivity index (χ3n) is 6.15. The monoisotopic (exact) mass is 444 g/mol. The lowest BCUT2D eigenvalue weighted by Crippen LogP contribution is -2.32. The van der Waals surface area contributed by atoms with Crippen LogP contribution in [0.25, 0.3) is 5.57 Å². The zero-order valence-electron chi connectivity index (χ0n) is 20.1. The normalized spacial score (nSPS) is 23.0. The Morgan fingerprint density at radius 1 is 1.12 bits per heavy atom. The molecular weight excluding hydrogens is 412 g/mol. The summed E-state index contributed by atoms with van der Waals surface area (Å²) < 4.78 is 11.9. The highest BCUT2D eigenvalue weighted by atomic mass is 16.5. The van der Waals surface area contributed by atoms with Gasteiger partial charge in [-0.3, -0.25) is 4.99 Å². The third kappa shape index (κ3) is 4.38. The molecule has 0 aromatic heterocycles. The van der Waals surface area contributed by atoms with Crippen molar-refractivity contribution in [3.8, 4) is 0 Å². The Labute approximate surface area is 196 Å². The van der Waals surface area contributed by atoms with Crippen molar-refractivity contribution in [3.05, 3.63) is 87.9 Å². The van der Waals surface area contributed by atoms with E-state index in [0.717, 1.165) is 46.1 Å². The second-order valence-electron chi connectivity index (χ2n) is 8.38. The fourth-order valence-electron chi connectivity index (χ4n) is 4.63. The molecule has 5 nitrogen and oxygen atoms in total. The lowest BCUT2D eigenvalue weighted by atomic mass is 9.77. The molecule has 2 aliphatic carbocycles. The Balaban J connectivity index is 1.96. The first-order valence-corrected chi connectivity index (χ1v) is 11.8. The van der Waals surface area contributed by atoms with Gasteiger partial charge in [-0.2, -0.15) is 0 Å². The molecule has 4 rings (SSSR count). The summed E-state index contributed by atoms with van der Waals surface area (Å²) in [5, 5.41) is 3.50. The minimum absolute atomic E-state index is 0.108. The van der Waals surface area contributed by atoms with Crippen LogP contribution in [0.15, 0.2) is 81.8 Å². The lowest BCUT2D eigenvalue weighted by molar-refractivity contribution is 0.0526. The standard InChI is InChI=1S/C28H32N2O3/c1-6-29-23-15-25-21(13-17(23)4)27(19-11-9-10-12-20(19)28(31)32-8-3)22-14-18(5)24(30-7-2)16-26(22)33-25/h9-16,21,24,30H,6-8H2,1-5H3/b29-23-. The number of rotatable bonds is 6. The van der Waals surface area contributed by atoms with E-state index in [9.17, 15) is 4.79 Å². The molecule has 172 valence electrons. The van der Waals surface area contributed by atoms with Crippen LogP contribution in [-0.2, 0) is 9.47 Å². The van der Waals surface area contributed by atoms with E-state index in [2.05, 4.69) is 49.3 Å². The first-order chi connectivity index (χ1) is 16.0. The molecule has 3 aliphatic rings. The Hall–Kier alpha value is -3.18. The van der Waals surface area contributed by atoms with Crippen LogP contribution in [0.5, 0.6) is 0 Å². The van der Waals surface area contributed by atoms with Crippen molar-refractivity contribution in [3.63, 3.8) is 0 Å². The molecule has 0 radical (unpaired) electrons. The fraction of sp³-hybridized carbons (Fsp3) is 0.357. The fourth-order valence-corrected chi connectivity index (χ4v) is 4.63. The highest BCUT2D eigenvalue weighted by molar-refractivity contribution is 6.10. The molecule has 0 saturated carbocycles. The summed E-state index contributed by atoms with van der Waals surface area (Å²) in [6, 6.07) is 7.81. The number of esters is 1.